The van der Waals surface area contributed by atoms with Crippen molar-refractivity contribution in [1.82, 2.24) is 9.29 Å². The number of carbonyl (C=O) groups is 1. The molecule has 13 heteroatoms. The fourth-order valence-electron chi connectivity index (χ4n) is 3.02. The summed E-state index contributed by atoms with van der Waals surface area (Å²) in [6.45, 7) is 1.68. The second-order valence-electron chi connectivity index (χ2n) is 6.35. The normalized spacial score (nSPS) is 14.5. The molecule has 1 unspecified atom stereocenters. The quantitative estimate of drug-likeness (QED) is 0.300. The number of nitrogens with one attached hydrogen (secondary N) is 3. The van der Waals surface area contributed by atoms with Gasteiger partial charge in [0.1, 0.15) is 11.9 Å². The molecule has 0 saturated heterocycles. The Balaban J connectivity index is 1.73. The third kappa shape index (κ3) is 5.17. The maximum atomic E-state index is 13.4. The van der Waals surface area contributed by atoms with Crippen LogP contribution in [0.3, 0.4) is 0 Å². The molecule has 1 aromatic heterocycles. The first-order chi connectivity index (χ1) is 14.1. The van der Waals surface area contributed by atoms with Gasteiger partial charge in [-0.25, -0.2) is 13.5 Å². The number of carbonyl (C=O) groups excluding carboxylic acids is 1. The average molecular weight is 471 g/mol. The first-order valence-corrected chi connectivity index (χ1v) is 9.85. The van der Waals surface area contributed by atoms with Gasteiger partial charge in [0.2, 0.25) is 0 Å². The predicted molar refractivity (Wildman–Crippen MR) is 103 cm³/mol. The van der Waals surface area contributed by atoms with Crippen LogP contribution in [-0.2, 0) is 17.7 Å². The number of halogens is 6. The van der Waals surface area contributed by atoms with Gasteiger partial charge in [-0.05, 0) is 31.9 Å². The fraction of sp³-hybridized carbons (Fsp3) is 0.353. The molecule has 6 nitrogen and oxygen atoms in total. The van der Waals surface area contributed by atoms with Crippen LogP contribution in [0.1, 0.15) is 29.5 Å². The van der Waals surface area contributed by atoms with E-state index in [1.165, 1.54) is 13.0 Å². The Morgan fingerprint density at radius 1 is 1.30 bits per heavy atom. The van der Waals surface area contributed by atoms with Crippen LogP contribution in [0.2, 0.25) is 5.02 Å². The molecule has 164 valence electrons. The Hall–Kier alpha value is -2.02. The zero-order valence-electron chi connectivity index (χ0n) is 15.4. The molecular formula is C17H16ClF5N4O2S. The number of amides is 1. The second-order valence-corrected chi connectivity index (χ2v) is 7.37. The topological polar surface area (TPSA) is 67.3 Å². The van der Waals surface area contributed by atoms with Crippen molar-refractivity contribution >= 4 is 41.0 Å². The monoisotopic (exact) mass is 470 g/mol. The van der Waals surface area contributed by atoms with E-state index in [-0.39, 0.29) is 16.4 Å². The molecule has 30 heavy (non-hydrogen) atoms. The molecule has 0 fully saturated rings. The van der Waals surface area contributed by atoms with Crippen molar-refractivity contribution in [3.05, 3.63) is 46.2 Å². The van der Waals surface area contributed by atoms with Gasteiger partial charge in [0.25, 0.3) is 5.91 Å². The number of benzene rings is 1. The molecule has 1 atom stereocenters. The summed E-state index contributed by atoms with van der Waals surface area (Å²) < 4.78 is 73.8. The van der Waals surface area contributed by atoms with E-state index in [0.29, 0.717) is 24.3 Å². The van der Waals surface area contributed by atoms with Crippen LogP contribution >= 0.6 is 23.7 Å². The molecule has 1 aliphatic heterocycles. The van der Waals surface area contributed by atoms with Gasteiger partial charge in [-0.1, -0.05) is 11.6 Å². The summed E-state index contributed by atoms with van der Waals surface area (Å²) in [5.41, 5.74) is 1.24. The Kier molecular flexibility index (Phi) is 6.80. The third-order valence-electron chi connectivity index (χ3n) is 4.19. The minimum absolute atomic E-state index is 0.0483. The second kappa shape index (κ2) is 9.00. The number of anilines is 2. The summed E-state index contributed by atoms with van der Waals surface area (Å²) in [5, 5.41) is 2.52. The maximum Gasteiger partial charge on any atom is 0.524 e. The molecule has 0 bridgehead atoms. The highest BCUT2D eigenvalue weighted by molar-refractivity contribution is 7.98. The van der Waals surface area contributed by atoms with Crippen molar-refractivity contribution < 1.29 is 31.5 Å². The van der Waals surface area contributed by atoms with Crippen molar-refractivity contribution in [3.63, 3.8) is 0 Å². The summed E-state index contributed by atoms with van der Waals surface area (Å²) in [6, 6.07) is 2.93. The molecular weight excluding hydrogens is 455 g/mol. The van der Waals surface area contributed by atoms with Gasteiger partial charge in [-0.2, -0.15) is 0 Å². The van der Waals surface area contributed by atoms with Crippen LogP contribution in [0.5, 0.6) is 0 Å². The van der Waals surface area contributed by atoms with Crippen LogP contribution in [0.25, 0.3) is 0 Å². The van der Waals surface area contributed by atoms with Crippen molar-refractivity contribution in [1.29, 1.82) is 0 Å². The van der Waals surface area contributed by atoms with Crippen LogP contribution in [0, 0.1) is 11.6 Å². The minimum Gasteiger partial charge on any atom is -0.337 e. The lowest BCUT2D eigenvalue weighted by atomic mass is 10.2. The number of aromatic nitrogens is 1. The maximum absolute atomic E-state index is 13.4. The van der Waals surface area contributed by atoms with E-state index in [9.17, 15) is 26.7 Å². The predicted octanol–water partition coefficient (Wildman–Crippen LogP) is 5.07. The van der Waals surface area contributed by atoms with E-state index in [1.807, 2.05) is 0 Å². The largest absolute Gasteiger partial charge is 0.524 e. The molecule has 1 aromatic carbocycles. The van der Waals surface area contributed by atoms with E-state index in [0.717, 1.165) is 30.7 Å². The Bertz CT molecular complexity index is 953. The van der Waals surface area contributed by atoms with Gasteiger partial charge in [-0.3, -0.25) is 9.53 Å². The van der Waals surface area contributed by atoms with Gasteiger partial charge in [-0.15, -0.1) is 13.2 Å². The smallest absolute Gasteiger partial charge is 0.337 e. The zero-order valence-corrected chi connectivity index (χ0v) is 16.9. The summed E-state index contributed by atoms with van der Waals surface area (Å²) in [4.78, 5) is 12.7. The summed E-state index contributed by atoms with van der Waals surface area (Å²) >= 11 is 7.08. The molecule has 2 heterocycles. The highest BCUT2D eigenvalue weighted by Gasteiger charge is 2.32. The standard InChI is InChI=1S/C17H16ClF5N4O2S/c1-8(29-17(21,22)23)25-30-26-14-12-3-2-6-27(12)15(13(14)18)16(28)24-9-4-5-10(19)11(20)7-9/h4-5,7-8,25-26H,2-3,6H2,1H3,(H,24,28). The van der Waals surface area contributed by atoms with Gasteiger partial charge in [0, 0.05) is 36.1 Å². The molecule has 3 rings (SSSR count). The van der Waals surface area contributed by atoms with Crippen LogP contribution in [-0.4, -0.2) is 23.1 Å². The van der Waals surface area contributed by atoms with Gasteiger partial charge >= 0.3 is 6.36 Å². The molecule has 3 N–H and O–H groups in total. The molecule has 0 aliphatic carbocycles. The average Bonchev–Trinajstić information content (AvgIpc) is 3.18. The number of alkyl halides is 3. The van der Waals surface area contributed by atoms with Gasteiger partial charge in [0.15, 0.2) is 11.6 Å². The summed E-state index contributed by atoms with van der Waals surface area (Å²) in [7, 11) is 0. The lowest BCUT2D eigenvalue weighted by Gasteiger charge is -2.16. The molecule has 0 radical (unpaired) electrons. The molecule has 1 amide bonds. The fourth-order valence-corrected chi connectivity index (χ4v) is 4.02. The SMILES string of the molecule is CC(NSNc1c(Cl)c(C(=O)Nc2ccc(F)c(F)c2)n2c1CCC2)OC(F)(F)F. The number of hydrogen-bond acceptors (Lipinski definition) is 5. The highest BCUT2D eigenvalue weighted by Crippen LogP contribution is 2.38. The Morgan fingerprint density at radius 2 is 2.03 bits per heavy atom. The molecule has 1 aliphatic rings. The van der Waals surface area contributed by atoms with Crippen molar-refractivity contribution in [2.45, 2.75) is 38.9 Å². The molecule has 2 aromatic rings. The number of nitrogens with zero attached hydrogens (tertiary/aromatic N) is 1. The lowest BCUT2D eigenvalue weighted by molar-refractivity contribution is -0.341. The van der Waals surface area contributed by atoms with Crippen molar-refractivity contribution in [2.75, 3.05) is 10.0 Å². The van der Waals surface area contributed by atoms with E-state index in [2.05, 4.69) is 19.5 Å². The minimum atomic E-state index is -4.78. The number of fused-ring (bicyclic) bond motifs is 1. The Labute approximate surface area is 177 Å². The van der Waals surface area contributed by atoms with Crippen molar-refractivity contribution in [3.8, 4) is 0 Å². The van der Waals surface area contributed by atoms with E-state index in [1.54, 1.807) is 4.57 Å². The van der Waals surface area contributed by atoms with Gasteiger partial charge < -0.3 is 14.6 Å². The third-order valence-corrected chi connectivity index (χ3v) is 5.31. The number of hydrogen-bond donors (Lipinski definition) is 3. The number of ether oxygens (including phenoxy) is 1. The lowest BCUT2D eigenvalue weighted by Crippen LogP contribution is -2.30. The number of rotatable bonds is 7. The highest BCUT2D eigenvalue weighted by atomic mass is 35.5. The van der Waals surface area contributed by atoms with Crippen LogP contribution in [0.4, 0.5) is 33.3 Å². The molecule has 0 spiro atoms. The van der Waals surface area contributed by atoms with Gasteiger partial charge in [0.05, 0.1) is 10.7 Å². The van der Waals surface area contributed by atoms with Crippen LogP contribution in [0.15, 0.2) is 18.2 Å². The van der Waals surface area contributed by atoms with Crippen LogP contribution < -0.4 is 14.8 Å². The Morgan fingerprint density at radius 3 is 2.70 bits per heavy atom. The van der Waals surface area contributed by atoms with E-state index in [4.69, 9.17) is 11.6 Å². The van der Waals surface area contributed by atoms with E-state index < -0.39 is 30.1 Å². The van der Waals surface area contributed by atoms with E-state index >= 15 is 0 Å². The first kappa shape index (κ1) is 22.7. The first-order valence-electron chi connectivity index (χ1n) is 8.66. The summed E-state index contributed by atoms with van der Waals surface area (Å²) in [5.74, 6) is -2.79. The molecule has 0 saturated carbocycles. The zero-order chi connectivity index (χ0) is 22.1. The van der Waals surface area contributed by atoms with Crippen molar-refractivity contribution in [2.24, 2.45) is 0 Å². The summed E-state index contributed by atoms with van der Waals surface area (Å²) in [6.07, 6.45) is -4.80.